The summed E-state index contributed by atoms with van der Waals surface area (Å²) in [5.74, 6) is -0.0485. The molecule has 0 saturated heterocycles. The molecule has 0 aromatic rings. The van der Waals surface area contributed by atoms with E-state index in [1.165, 1.54) is 31.3 Å². The third-order valence-corrected chi connectivity index (χ3v) is 4.90. The highest BCUT2D eigenvalue weighted by Crippen LogP contribution is 2.47. The fourth-order valence-corrected chi connectivity index (χ4v) is 3.16. The first kappa shape index (κ1) is 17.0. The van der Waals surface area contributed by atoms with Crippen molar-refractivity contribution in [1.29, 1.82) is 0 Å². The Morgan fingerprint density at radius 2 is 2.09 bits per heavy atom. The molecule has 1 N–H and O–H groups in total. The van der Waals surface area contributed by atoms with E-state index >= 15 is 0 Å². The molecule has 1 saturated carbocycles. The minimum absolute atomic E-state index is 0.00957. The van der Waals surface area contributed by atoms with E-state index in [-0.39, 0.29) is 11.8 Å². The number of amides is 2. The molecule has 22 heavy (non-hydrogen) atoms. The van der Waals surface area contributed by atoms with Crippen LogP contribution in [0.2, 0.25) is 0 Å². The van der Waals surface area contributed by atoms with Crippen molar-refractivity contribution in [3.05, 3.63) is 11.6 Å². The van der Waals surface area contributed by atoms with Crippen molar-refractivity contribution in [3.63, 3.8) is 0 Å². The van der Waals surface area contributed by atoms with Crippen LogP contribution >= 0.6 is 0 Å². The van der Waals surface area contributed by atoms with Gasteiger partial charge in [-0.3, -0.25) is 9.59 Å². The van der Waals surface area contributed by atoms with Crippen LogP contribution in [-0.4, -0.2) is 36.9 Å². The summed E-state index contributed by atoms with van der Waals surface area (Å²) in [6, 6.07) is 0. The highest BCUT2D eigenvalue weighted by atomic mass is 16.2. The van der Waals surface area contributed by atoms with E-state index in [2.05, 4.69) is 18.3 Å². The van der Waals surface area contributed by atoms with Gasteiger partial charge in [0.05, 0.1) is 0 Å². The number of hydrogen-bond donors (Lipinski definition) is 1. The van der Waals surface area contributed by atoms with Gasteiger partial charge >= 0.3 is 0 Å². The van der Waals surface area contributed by atoms with Crippen molar-refractivity contribution in [1.82, 2.24) is 10.2 Å². The van der Waals surface area contributed by atoms with Crippen molar-refractivity contribution >= 4 is 11.8 Å². The number of carbonyl (C=O) groups excluding carboxylic acids is 2. The zero-order valence-electron chi connectivity index (χ0n) is 14.1. The summed E-state index contributed by atoms with van der Waals surface area (Å²) >= 11 is 0. The second-order valence-corrected chi connectivity index (χ2v) is 6.78. The molecule has 2 aliphatic rings. The van der Waals surface area contributed by atoms with Crippen molar-refractivity contribution in [2.45, 2.75) is 64.7 Å². The van der Waals surface area contributed by atoms with E-state index in [0.717, 1.165) is 25.8 Å². The second-order valence-electron chi connectivity index (χ2n) is 6.78. The quantitative estimate of drug-likeness (QED) is 0.553. The Bertz CT molecular complexity index is 438. The number of nitrogens with zero attached hydrogens (tertiary/aromatic N) is 1. The van der Waals surface area contributed by atoms with E-state index in [1.54, 1.807) is 4.90 Å². The minimum Gasteiger partial charge on any atom is -0.355 e. The molecule has 2 aliphatic carbocycles. The van der Waals surface area contributed by atoms with Gasteiger partial charge in [-0.25, -0.2) is 0 Å². The Labute approximate surface area is 134 Å². The number of allylic oxidation sites excluding steroid dienone is 1. The lowest BCUT2D eigenvalue weighted by molar-refractivity contribution is -0.143. The Morgan fingerprint density at radius 1 is 1.32 bits per heavy atom. The van der Waals surface area contributed by atoms with Gasteiger partial charge in [0, 0.05) is 20.1 Å². The fourth-order valence-electron chi connectivity index (χ4n) is 3.16. The Balaban J connectivity index is 1.78. The number of carbonyl (C=O) groups is 2. The van der Waals surface area contributed by atoms with Crippen LogP contribution in [0.4, 0.5) is 0 Å². The van der Waals surface area contributed by atoms with Gasteiger partial charge < -0.3 is 10.2 Å². The molecule has 0 spiro atoms. The predicted octanol–water partition coefficient (Wildman–Crippen LogP) is 3.03. The third kappa shape index (κ3) is 4.11. The minimum atomic E-state index is -0.747. The van der Waals surface area contributed by atoms with Gasteiger partial charge in [0.1, 0.15) is 5.41 Å². The topological polar surface area (TPSA) is 49.4 Å². The highest BCUT2D eigenvalue weighted by molar-refractivity contribution is 6.07. The monoisotopic (exact) mass is 306 g/mol. The summed E-state index contributed by atoms with van der Waals surface area (Å²) in [5.41, 5.74) is 0.714. The number of nitrogens with one attached hydrogen (secondary N) is 1. The van der Waals surface area contributed by atoms with Gasteiger partial charge in [0.25, 0.3) is 0 Å². The molecule has 1 fully saturated rings. The first-order valence-corrected chi connectivity index (χ1v) is 8.82. The fraction of sp³-hybridized carbons (Fsp3) is 0.778. The van der Waals surface area contributed by atoms with Crippen LogP contribution in [-0.2, 0) is 9.59 Å². The van der Waals surface area contributed by atoms with Gasteiger partial charge in [-0.2, -0.15) is 0 Å². The van der Waals surface area contributed by atoms with Crippen molar-refractivity contribution in [2.75, 3.05) is 20.1 Å². The summed E-state index contributed by atoms with van der Waals surface area (Å²) in [6.45, 7) is 3.52. The van der Waals surface area contributed by atoms with E-state index in [4.69, 9.17) is 0 Å². The van der Waals surface area contributed by atoms with Gasteiger partial charge in [0.2, 0.25) is 11.8 Å². The Kier molecular flexibility index (Phi) is 6.04. The molecule has 0 atom stereocenters. The van der Waals surface area contributed by atoms with Crippen LogP contribution < -0.4 is 5.32 Å². The Morgan fingerprint density at radius 3 is 2.68 bits per heavy atom. The van der Waals surface area contributed by atoms with E-state index in [9.17, 15) is 9.59 Å². The molecule has 0 unspecified atom stereocenters. The molecule has 124 valence electrons. The van der Waals surface area contributed by atoms with Gasteiger partial charge in [-0.05, 0) is 51.4 Å². The van der Waals surface area contributed by atoms with Crippen LogP contribution in [0, 0.1) is 5.41 Å². The predicted molar refractivity (Wildman–Crippen MR) is 88.4 cm³/mol. The molecule has 0 heterocycles. The van der Waals surface area contributed by atoms with Crippen LogP contribution in [0.25, 0.3) is 0 Å². The van der Waals surface area contributed by atoms with Gasteiger partial charge in [0.15, 0.2) is 0 Å². The van der Waals surface area contributed by atoms with Gasteiger partial charge in [-0.15, -0.1) is 0 Å². The average molecular weight is 306 g/mol. The molecule has 0 aromatic carbocycles. The van der Waals surface area contributed by atoms with Crippen LogP contribution in [0.5, 0.6) is 0 Å². The zero-order valence-corrected chi connectivity index (χ0v) is 14.1. The highest BCUT2D eigenvalue weighted by Gasteiger charge is 2.57. The van der Waals surface area contributed by atoms with Crippen LogP contribution in [0.1, 0.15) is 64.7 Å². The lowest BCUT2D eigenvalue weighted by atomic mass is 9.97. The third-order valence-electron chi connectivity index (χ3n) is 4.90. The zero-order chi connectivity index (χ0) is 16.0. The largest absolute Gasteiger partial charge is 0.355 e. The smallest absolute Gasteiger partial charge is 0.238 e. The number of unbranched alkanes of at least 4 members (excludes halogenated alkanes) is 1. The second kappa shape index (κ2) is 7.80. The van der Waals surface area contributed by atoms with Gasteiger partial charge in [-0.1, -0.05) is 25.0 Å². The summed E-state index contributed by atoms with van der Waals surface area (Å²) in [4.78, 5) is 26.6. The summed E-state index contributed by atoms with van der Waals surface area (Å²) < 4.78 is 0. The summed E-state index contributed by atoms with van der Waals surface area (Å²) in [5, 5.41) is 3.00. The summed E-state index contributed by atoms with van der Waals surface area (Å²) in [6.07, 6.45) is 11.6. The number of rotatable bonds is 8. The number of hydrogen-bond acceptors (Lipinski definition) is 2. The lowest BCUT2D eigenvalue weighted by Crippen LogP contribution is -2.44. The average Bonchev–Trinajstić information content (AvgIpc) is 3.34. The molecule has 4 heteroatoms. The molecular formula is C18H30N2O2. The van der Waals surface area contributed by atoms with E-state index in [0.29, 0.717) is 19.4 Å². The molecule has 2 amide bonds. The Hall–Kier alpha value is -1.32. The van der Waals surface area contributed by atoms with Crippen molar-refractivity contribution < 1.29 is 9.59 Å². The normalized spacial score (nSPS) is 19.3. The molecule has 0 bridgehead atoms. The molecule has 0 aromatic heterocycles. The standard InChI is InChI=1S/C18H30N2O2/c1-3-4-14-20(2)17(22)18(11-12-18)16(21)19-13-10-15-8-6-5-7-9-15/h8H,3-7,9-14H2,1-2H3,(H,19,21). The lowest BCUT2D eigenvalue weighted by Gasteiger charge is -2.23. The molecule has 0 radical (unpaired) electrons. The van der Waals surface area contributed by atoms with Crippen LogP contribution in [0.15, 0.2) is 11.6 Å². The van der Waals surface area contributed by atoms with E-state index in [1.807, 2.05) is 7.05 Å². The van der Waals surface area contributed by atoms with Crippen LogP contribution in [0.3, 0.4) is 0 Å². The molecule has 0 aliphatic heterocycles. The molecule has 4 nitrogen and oxygen atoms in total. The first-order chi connectivity index (χ1) is 10.6. The van der Waals surface area contributed by atoms with E-state index < -0.39 is 5.41 Å². The molecular weight excluding hydrogens is 276 g/mol. The summed E-state index contributed by atoms with van der Waals surface area (Å²) in [7, 11) is 1.82. The molecule has 2 rings (SSSR count). The van der Waals surface area contributed by atoms with Crippen molar-refractivity contribution in [3.8, 4) is 0 Å². The maximum atomic E-state index is 12.5. The maximum absolute atomic E-state index is 12.5. The van der Waals surface area contributed by atoms with Crippen molar-refractivity contribution in [2.24, 2.45) is 5.41 Å². The SMILES string of the molecule is CCCCN(C)C(=O)C1(C(=O)NCCC2=CCCCC2)CC1. The maximum Gasteiger partial charge on any atom is 0.238 e. The first-order valence-electron chi connectivity index (χ1n) is 8.82.